The van der Waals surface area contributed by atoms with Gasteiger partial charge in [-0.15, -0.1) is 10.2 Å². The van der Waals surface area contributed by atoms with E-state index in [1.807, 2.05) is 0 Å². The van der Waals surface area contributed by atoms with E-state index in [0.717, 1.165) is 0 Å². The Morgan fingerprint density at radius 3 is 2.58 bits per heavy atom. The molecule has 186 valence electrons. The smallest absolute Gasteiger partial charge is 0.305 e. The third-order valence-electron chi connectivity index (χ3n) is 5.27. The zero-order valence-electron chi connectivity index (χ0n) is 18.9. The Morgan fingerprint density at radius 2 is 1.86 bits per heavy atom. The Bertz CT molecular complexity index is 1520. The van der Waals surface area contributed by atoms with Gasteiger partial charge in [-0.3, -0.25) is 14.4 Å². The number of thioether (sulfide) groups is 1. The van der Waals surface area contributed by atoms with Crippen LogP contribution in [0.3, 0.4) is 0 Å². The second-order valence-electron chi connectivity index (χ2n) is 7.76. The summed E-state index contributed by atoms with van der Waals surface area (Å²) in [5, 5.41) is 27.0. The van der Waals surface area contributed by atoms with E-state index in [1.54, 1.807) is 54.1 Å². The van der Waals surface area contributed by atoms with Crippen molar-refractivity contribution in [2.45, 2.75) is 24.5 Å². The number of nitrogens with one attached hydrogen (secondary N) is 1. The van der Waals surface area contributed by atoms with Gasteiger partial charge in [0.15, 0.2) is 5.16 Å². The molecule has 1 amide bonds. The Morgan fingerprint density at radius 1 is 1.11 bits per heavy atom. The number of aryl methyl sites for hydroxylation is 1. The van der Waals surface area contributed by atoms with Crippen molar-refractivity contribution in [1.82, 2.24) is 24.5 Å². The molecule has 0 aliphatic carbocycles. The minimum atomic E-state index is -1.02. The number of fused-ring (bicyclic) bond motifs is 1. The van der Waals surface area contributed by atoms with Gasteiger partial charge in [0.2, 0.25) is 5.91 Å². The van der Waals surface area contributed by atoms with Gasteiger partial charge in [-0.25, -0.2) is 4.68 Å². The van der Waals surface area contributed by atoms with Gasteiger partial charge in [-0.2, -0.15) is 5.10 Å². The summed E-state index contributed by atoms with van der Waals surface area (Å²) in [5.41, 5.74) is 0.677. The average Bonchev–Trinajstić information content (AvgIpc) is 3.19. The number of aromatic nitrogens is 5. The fraction of sp³-hybridized carbons (Fsp3) is 0.217. The molecule has 13 heteroatoms. The number of carbonyl (C=O) groups is 2. The highest BCUT2D eigenvalue weighted by atomic mass is 35.5. The van der Waals surface area contributed by atoms with Crippen LogP contribution in [0.5, 0.6) is 0 Å². The summed E-state index contributed by atoms with van der Waals surface area (Å²) in [6.45, 7) is -0.0430. The van der Waals surface area contributed by atoms with Crippen molar-refractivity contribution in [2.75, 3.05) is 11.1 Å². The van der Waals surface area contributed by atoms with E-state index in [4.69, 9.17) is 28.3 Å². The maximum Gasteiger partial charge on any atom is 0.305 e. The number of hydrogen-bond acceptors (Lipinski definition) is 7. The van der Waals surface area contributed by atoms with Gasteiger partial charge in [-0.1, -0.05) is 53.2 Å². The van der Waals surface area contributed by atoms with Gasteiger partial charge in [0, 0.05) is 17.5 Å². The van der Waals surface area contributed by atoms with Crippen LogP contribution in [0.15, 0.2) is 52.4 Å². The van der Waals surface area contributed by atoms with Crippen LogP contribution in [-0.2, 0) is 29.6 Å². The van der Waals surface area contributed by atoms with E-state index >= 15 is 0 Å². The van der Waals surface area contributed by atoms with Crippen molar-refractivity contribution in [2.24, 2.45) is 7.05 Å². The molecule has 0 aliphatic rings. The van der Waals surface area contributed by atoms with E-state index in [1.165, 1.54) is 16.4 Å². The molecule has 0 saturated carbocycles. The summed E-state index contributed by atoms with van der Waals surface area (Å²) in [6, 6.07) is 11.8. The lowest BCUT2D eigenvalue weighted by atomic mass is 10.1. The lowest BCUT2D eigenvalue weighted by Crippen LogP contribution is -2.26. The number of amides is 1. The normalized spacial score (nSPS) is 11.1. The molecule has 0 aliphatic heterocycles. The molecule has 36 heavy (non-hydrogen) atoms. The van der Waals surface area contributed by atoms with E-state index in [9.17, 15) is 14.4 Å². The van der Waals surface area contributed by atoms with Crippen LogP contribution >= 0.6 is 35.0 Å². The third-order valence-corrected chi connectivity index (χ3v) is 6.84. The van der Waals surface area contributed by atoms with Crippen LogP contribution in [0.25, 0.3) is 10.8 Å². The van der Waals surface area contributed by atoms with Crippen LogP contribution in [0.2, 0.25) is 10.0 Å². The van der Waals surface area contributed by atoms with Crippen LogP contribution < -0.4 is 10.9 Å². The highest BCUT2D eigenvalue weighted by Gasteiger charge is 2.17. The predicted molar refractivity (Wildman–Crippen MR) is 138 cm³/mol. The molecule has 2 heterocycles. The molecule has 0 fully saturated rings. The molecule has 4 aromatic rings. The van der Waals surface area contributed by atoms with Gasteiger partial charge in [-0.05, 0) is 24.3 Å². The lowest BCUT2D eigenvalue weighted by Gasteiger charge is -2.10. The fourth-order valence-corrected chi connectivity index (χ4v) is 4.66. The summed E-state index contributed by atoms with van der Waals surface area (Å²) < 4.78 is 2.92. The number of benzene rings is 2. The number of rotatable bonds is 9. The molecular formula is C23H20Cl2N6O4S. The van der Waals surface area contributed by atoms with Crippen molar-refractivity contribution in [1.29, 1.82) is 0 Å². The maximum absolute atomic E-state index is 12.8. The molecule has 0 atom stereocenters. The largest absolute Gasteiger partial charge is 0.481 e. The van der Waals surface area contributed by atoms with Gasteiger partial charge in [0.1, 0.15) is 5.82 Å². The van der Waals surface area contributed by atoms with Gasteiger partial charge >= 0.3 is 5.97 Å². The molecule has 0 unspecified atom stereocenters. The number of hydrogen-bond donors (Lipinski definition) is 2. The van der Waals surface area contributed by atoms with E-state index < -0.39 is 5.97 Å². The Balaban J connectivity index is 1.51. The minimum absolute atomic E-state index is 0.0430. The van der Waals surface area contributed by atoms with Gasteiger partial charge in [0.05, 0.1) is 46.9 Å². The number of carboxylic acid groups (broad SMARTS) is 1. The molecule has 0 bridgehead atoms. The zero-order chi connectivity index (χ0) is 25.8. The number of carboxylic acids is 1. The van der Waals surface area contributed by atoms with Gasteiger partial charge < -0.3 is 15.0 Å². The molecule has 0 saturated heterocycles. The number of aliphatic carboxylic acids is 1. The number of anilines is 1. The van der Waals surface area contributed by atoms with Crippen LogP contribution in [-0.4, -0.2) is 47.3 Å². The molecule has 10 nitrogen and oxygen atoms in total. The topological polar surface area (TPSA) is 132 Å². The first-order valence-electron chi connectivity index (χ1n) is 10.7. The first kappa shape index (κ1) is 25.7. The Hall–Kier alpha value is -3.41. The third kappa shape index (κ3) is 5.86. The van der Waals surface area contributed by atoms with Crippen molar-refractivity contribution in [3.05, 3.63) is 74.4 Å². The monoisotopic (exact) mass is 546 g/mol. The molecule has 0 radical (unpaired) electrons. The molecular weight excluding hydrogens is 527 g/mol. The van der Waals surface area contributed by atoms with Gasteiger partial charge in [0.25, 0.3) is 5.56 Å². The molecule has 2 N–H and O–H groups in total. The highest BCUT2D eigenvalue weighted by Crippen LogP contribution is 2.26. The first-order valence-corrected chi connectivity index (χ1v) is 12.4. The lowest BCUT2D eigenvalue weighted by molar-refractivity contribution is -0.137. The van der Waals surface area contributed by atoms with Crippen molar-refractivity contribution in [3.8, 4) is 0 Å². The number of nitrogens with zero attached hydrogens (tertiary/aromatic N) is 5. The Kier molecular flexibility index (Phi) is 7.92. The summed E-state index contributed by atoms with van der Waals surface area (Å²) in [4.78, 5) is 36.2. The molecule has 4 rings (SSSR count). The second kappa shape index (κ2) is 11.1. The Labute approximate surface area is 219 Å². The minimum Gasteiger partial charge on any atom is -0.481 e. The van der Waals surface area contributed by atoms with Crippen molar-refractivity contribution in [3.63, 3.8) is 0 Å². The van der Waals surface area contributed by atoms with E-state index in [-0.39, 0.29) is 36.6 Å². The summed E-state index contributed by atoms with van der Waals surface area (Å²) in [5.74, 6) is -0.644. The molecule has 2 aromatic carbocycles. The SMILES string of the molecule is Cn1c(Cc2nn(CCC(=O)O)c(=O)c3ccccc23)nnc1SCC(=O)Nc1ccc(Cl)cc1Cl. The van der Waals surface area contributed by atoms with E-state index in [0.29, 0.717) is 43.2 Å². The summed E-state index contributed by atoms with van der Waals surface area (Å²) in [7, 11) is 1.77. The van der Waals surface area contributed by atoms with Crippen LogP contribution in [0.4, 0.5) is 5.69 Å². The number of halogens is 2. The summed E-state index contributed by atoms with van der Waals surface area (Å²) in [6.07, 6.45) is 0.0310. The maximum atomic E-state index is 12.8. The fourth-order valence-electron chi connectivity index (χ4n) is 3.47. The predicted octanol–water partition coefficient (Wildman–Crippen LogP) is 3.63. The summed E-state index contributed by atoms with van der Waals surface area (Å²) >= 11 is 13.2. The first-order chi connectivity index (χ1) is 17.2. The van der Waals surface area contributed by atoms with Crippen molar-refractivity contribution >= 4 is 63.3 Å². The zero-order valence-corrected chi connectivity index (χ0v) is 21.3. The van der Waals surface area contributed by atoms with Crippen LogP contribution in [0.1, 0.15) is 17.9 Å². The van der Waals surface area contributed by atoms with Crippen molar-refractivity contribution < 1.29 is 14.7 Å². The highest BCUT2D eigenvalue weighted by molar-refractivity contribution is 7.99. The average molecular weight is 547 g/mol. The number of carbonyl (C=O) groups excluding carboxylic acids is 1. The van der Waals surface area contributed by atoms with Crippen LogP contribution in [0, 0.1) is 0 Å². The molecule has 2 aromatic heterocycles. The second-order valence-corrected chi connectivity index (χ2v) is 9.55. The standard InChI is InChI=1S/C23H20Cl2N6O4S/c1-30-19(27-28-23(30)36-12-20(32)26-17-7-6-13(24)10-16(17)25)11-18-14-4-2-3-5-15(14)22(35)31(29-18)9-8-21(33)34/h2-7,10H,8-9,11-12H2,1H3,(H,26,32)(H,33,34). The quantitative estimate of drug-likeness (QED) is 0.304. The van der Waals surface area contributed by atoms with E-state index in [2.05, 4.69) is 20.6 Å². The molecule has 0 spiro atoms.